The number of nitrogens with one attached hydrogen (secondary N) is 1. The third kappa shape index (κ3) is 2.61. The number of nitrogens with zero attached hydrogens (tertiary/aromatic N) is 3. The van der Waals surface area contributed by atoms with Crippen LogP contribution in [0.4, 0.5) is 11.6 Å². The fraction of sp³-hybridized carbons (Fsp3) is 0.385. The first-order valence-corrected chi connectivity index (χ1v) is 6.91. The van der Waals surface area contributed by atoms with E-state index in [0.29, 0.717) is 0 Å². The van der Waals surface area contributed by atoms with E-state index in [1.54, 1.807) is 17.7 Å². The van der Waals surface area contributed by atoms with E-state index in [2.05, 4.69) is 51.5 Å². The van der Waals surface area contributed by atoms with Crippen molar-refractivity contribution >= 4 is 23.0 Å². The van der Waals surface area contributed by atoms with Crippen molar-refractivity contribution < 1.29 is 0 Å². The quantitative estimate of drug-likeness (QED) is 0.899. The van der Waals surface area contributed by atoms with E-state index in [9.17, 15) is 0 Å². The first-order chi connectivity index (χ1) is 8.76. The van der Waals surface area contributed by atoms with Gasteiger partial charge in [0.15, 0.2) is 0 Å². The summed E-state index contributed by atoms with van der Waals surface area (Å²) in [7, 11) is 1.88. The lowest BCUT2D eigenvalue weighted by molar-refractivity contribution is 0.814. The second-order valence-electron chi connectivity index (χ2n) is 4.01. The van der Waals surface area contributed by atoms with Crippen LogP contribution in [0.2, 0.25) is 0 Å². The number of rotatable bonds is 5. The Morgan fingerprint density at radius 2 is 2.22 bits per heavy atom. The monoisotopic (exact) mass is 262 g/mol. The molecule has 0 spiro atoms. The molecule has 0 unspecified atom stereocenters. The molecule has 0 aliphatic carbocycles. The van der Waals surface area contributed by atoms with E-state index >= 15 is 0 Å². The van der Waals surface area contributed by atoms with Crippen molar-refractivity contribution in [3.8, 4) is 0 Å². The van der Waals surface area contributed by atoms with Gasteiger partial charge in [-0.2, -0.15) is 0 Å². The average molecular weight is 262 g/mol. The largest absolute Gasteiger partial charge is 0.373 e. The van der Waals surface area contributed by atoms with E-state index < -0.39 is 0 Å². The summed E-state index contributed by atoms with van der Waals surface area (Å²) in [6.07, 6.45) is 1.62. The normalized spacial score (nSPS) is 10.4. The Kier molecular flexibility index (Phi) is 4.15. The topological polar surface area (TPSA) is 41.1 Å². The van der Waals surface area contributed by atoms with Crippen molar-refractivity contribution in [3.05, 3.63) is 34.3 Å². The maximum atomic E-state index is 4.42. The maximum absolute atomic E-state index is 4.42. The lowest BCUT2D eigenvalue weighted by atomic mass is 10.2. The van der Waals surface area contributed by atoms with Crippen LogP contribution < -0.4 is 10.2 Å². The molecule has 2 heterocycles. The van der Waals surface area contributed by atoms with Gasteiger partial charge >= 0.3 is 0 Å². The van der Waals surface area contributed by atoms with Gasteiger partial charge in [0.25, 0.3) is 0 Å². The highest BCUT2D eigenvalue weighted by Crippen LogP contribution is 2.24. The summed E-state index contributed by atoms with van der Waals surface area (Å²) >= 11 is 1.78. The smallest absolute Gasteiger partial charge is 0.137 e. The van der Waals surface area contributed by atoms with Gasteiger partial charge in [0.1, 0.15) is 18.0 Å². The third-order valence-electron chi connectivity index (χ3n) is 2.90. The van der Waals surface area contributed by atoms with Crippen molar-refractivity contribution in [2.24, 2.45) is 0 Å². The fourth-order valence-corrected chi connectivity index (χ4v) is 2.66. The van der Waals surface area contributed by atoms with Gasteiger partial charge in [-0.25, -0.2) is 9.97 Å². The Balaban J connectivity index is 2.27. The van der Waals surface area contributed by atoms with Gasteiger partial charge in [-0.3, -0.25) is 0 Å². The number of hydrogen-bond acceptors (Lipinski definition) is 5. The van der Waals surface area contributed by atoms with Crippen molar-refractivity contribution in [1.82, 2.24) is 9.97 Å². The molecule has 2 aromatic rings. The van der Waals surface area contributed by atoms with Crippen LogP contribution in [0.5, 0.6) is 0 Å². The highest BCUT2D eigenvalue weighted by Gasteiger charge is 2.13. The van der Waals surface area contributed by atoms with Gasteiger partial charge < -0.3 is 10.2 Å². The van der Waals surface area contributed by atoms with Crippen molar-refractivity contribution in [1.29, 1.82) is 0 Å². The van der Waals surface area contributed by atoms with E-state index in [4.69, 9.17) is 0 Å². The highest BCUT2D eigenvalue weighted by atomic mass is 32.1. The Labute approximate surface area is 112 Å². The summed E-state index contributed by atoms with van der Waals surface area (Å²) in [5, 5.41) is 5.20. The number of anilines is 2. The molecule has 0 atom stereocenters. The van der Waals surface area contributed by atoms with Crippen LogP contribution in [0.3, 0.4) is 0 Å². The second-order valence-corrected chi connectivity index (χ2v) is 5.05. The Bertz CT molecular complexity index is 496. The van der Waals surface area contributed by atoms with Crippen LogP contribution in [0.1, 0.15) is 17.4 Å². The molecule has 18 heavy (non-hydrogen) atoms. The second kappa shape index (κ2) is 5.82. The standard InChI is InChI=1S/C13H18N4S/c1-4-17(8-11-6-5-7-18-11)13-10(2)12(14-3)15-9-16-13/h5-7,9H,4,8H2,1-3H3,(H,14,15,16). The van der Waals surface area contributed by atoms with Gasteiger partial charge in [-0.1, -0.05) is 6.07 Å². The van der Waals surface area contributed by atoms with Crippen LogP contribution in [0, 0.1) is 6.92 Å². The maximum Gasteiger partial charge on any atom is 0.137 e. The minimum Gasteiger partial charge on any atom is -0.373 e. The first-order valence-electron chi connectivity index (χ1n) is 6.03. The van der Waals surface area contributed by atoms with E-state index in [-0.39, 0.29) is 0 Å². The molecule has 1 N–H and O–H groups in total. The summed E-state index contributed by atoms with van der Waals surface area (Å²) in [5.41, 5.74) is 1.10. The zero-order valence-electron chi connectivity index (χ0n) is 11.0. The molecular weight excluding hydrogens is 244 g/mol. The minimum atomic E-state index is 0.893. The molecule has 0 fully saturated rings. The summed E-state index contributed by atoms with van der Waals surface area (Å²) in [6, 6.07) is 4.24. The van der Waals surface area contributed by atoms with Gasteiger partial charge in [-0.15, -0.1) is 11.3 Å². The molecule has 0 bridgehead atoms. The van der Waals surface area contributed by atoms with E-state index in [0.717, 1.165) is 30.3 Å². The first kappa shape index (κ1) is 12.8. The van der Waals surface area contributed by atoms with Crippen LogP contribution in [-0.2, 0) is 6.54 Å². The average Bonchev–Trinajstić information content (AvgIpc) is 2.89. The molecule has 2 aromatic heterocycles. The Hall–Kier alpha value is -1.62. The molecule has 0 saturated heterocycles. The lowest BCUT2D eigenvalue weighted by Gasteiger charge is -2.23. The van der Waals surface area contributed by atoms with Crippen molar-refractivity contribution in [3.63, 3.8) is 0 Å². The molecule has 4 nitrogen and oxygen atoms in total. The molecule has 0 aliphatic rings. The number of aromatic nitrogens is 2. The third-order valence-corrected chi connectivity index (χ3v) is 3.76. The molecule has 0 aromatic carbocycles. The molecular formula is C13H18N4S. The zero-order chi connectivity index (χ0) is 13.0. The van der Waals surface area contributed by atoms with Crippen LogP contribution in [0.25, 0.3) is 0 Å². The molecule has 0 radical (unpaired) electrons. The van der Waals surface area contributed by atoms with Crippen LogP contribution in [0.15, 0.2) is 23.8 Å². The fourth-order valence-electron chi connectivity index (χ4n) is 1.94. The van der Waals surface area contributed by atoms with Gasteiger partial charge in [0, 0.05) is 24.0 Å². The zero-order valence-corrected chi connectivity index (χ0v) is 11.8. The van der Waals surface area contributed by atoms with Crippen molar-refractivity contribution in [2.45, 2.75) is 20.4 Å². The minimum absolute atomic E-state index is 0.893. The molecule has 0 saturated carbocycles. The van der Waals surface area contributed by atoms with Crippen LogP contribution >= 0.6 is 11.3 Å². The molecule has 0 amide bonds. The number of hydrogen-bond donors (Lipinski definition) is 1. The summed E-state index contributed by atoms with van der Waals surface area (Å²) in [4.78, 5) is 12.3. The number of thiophene rings is 1. The van der Waals surface area contributed by atoms with Gasteiger partial charge in [0.05, 0.1) is 6.54 Å². The van der Waals surface area contributed by atoms with Crippen molar-refractivity contribution in [2.75, 3.05) is 23.8 Å². The predicted octanol–water partition coefficient (Wildman–Crippen LogP) is 2.91. The molecule has 2 rings (SSSR count). The Morgan fingerprint density at radius 1 is 1.39 bits per heavy atom. The van der Waals surface area contributed by atoms with E-state index in [1.165, 1.54) is 4.88 Å². The summed E-state index contributed by atoms with van der Waals surface area (Å²) < 4.78 is 0. The highest BCUT2D eigenvalue weighted by molar-refractivity contribution is 7.09. The van der Waals surface area contributed by atoms with Gasteiger partial charge in [0.2, 0.25) is 0 Å². The SMILES string of the molecule is CCN(Cc1cccs1)c1ncnc(NC)c1C. The molecule has 5 heteroatoms. The van der Waals surface area contributed by atoms with Crippen LogP contribution in [-0.4, -0.2) is 23.6 Å². The lowest BCUT2D eigenvalue weighted by Crippen LogP contribution is -2.24. The predicted molar refractivity (Wildman–Crippen MR) is 77.4 cm³/mol. The van der Waals surface area contributed by atoms with E-state index in [1.807, 2.05) is 7.05 Å². The molecule has 96 valence electrons. The van der Waals surface area contributed by atoms with Gasteiger partial charge in [-0.05, 0) is 25.3 Å². The molecule has 0 aliphatic heterocycles. The summed E-state index contributed by atoms with van der Waals surface area (Å²) in [5.74, 6) is 1.90. The Morgan fingerprint density at radius 3 is 2.83 bits per heavy atom. The summed E-state index contributed by atoms with van der Waals surface area (Å²) in [6.45, 7) is 6.03.